The fraction of sp³-hybridized carbons (Fsp3) is 0.455. The number of ether oxygens (including phenoxy) is 1. The minimum absolute atomic E-state index is 0. The predicted molar refractivity (Wildman–Crippen MR) is 129 cm³/mol. The van der Waals surface area contributed by atoms with E-state index in [1.54, 1.807) is 19.3 Å². The lowest BCUT2D eigenvalue weighted by Gasteiger charge is -2.29. The number of carbonyl (C=O) groups is 1. The van der Waals surface area contributed by atoms with Crippen LogP contribution in [0.15, 0.2) is 35.2 Å². The van der Waals surface area contributed by atoms with E-state index in [0.29, 0.717) is 10.6 Å². The van der Waals surface area contributed by atoms with Crippen LogP contribution >= 0.6 is 36.4 Å². The van der Waals surface area contributed by atoms with Crippen molar-refractivity contribution in [3.8, 4) is 11.1 Å². The highest BCUT2D eigenvalue weighted by Gasteiger charge is 2.23. The molecule has 1 aromatic carbocycles. The first-order chi connectivity index (χ1) is 14.6. The molecule has 0 saturated carbocycles. The zero-order valence-electron chi connectivity index (χ0n) is 17.8. The van der Waals surface area contributed by atoms with Crippen LogP contribution in [0.25, 0.3) is 22.2 Å². The molecule has 32 heavy (non-hydrogen) atoms. The second kappa shape index (κ2) is 11.9. The molecule has 7 nitrogen and oxygen atoms in total. The van der Waals surface area contributed by atoms with Crippen LogP contribution in [0.1, 0.15) is 43.2 Å². The molecule has 10 heteroatoms. The average Bonchev–Trinajstić information content (AvgIpc) is 3.36. The zero-order chi connectivity index (χ0) is 21.1. The molecule has 0 unspecified atom stereocenters. The molecule has 1 aliphatic heterocycles. The second-order valence-corrected chi connectivity index (χ2v) is 7.99. The van der Waals surface area contributed by atoms with Crippen molar-refractivity contribution in [2.24, 2.45) is 0 Å². The molecule has 4 rings (SSSR count). The number of aliphatic hydroxyl groups is 1. The molecular weight excluding hydrogens is 477 g/mol. The first kappa shape index (κ1) is 26.5. The molecule has 1 fully saturated rings. The van der Waals surface area contributed by atoms with Crippen LogP contribution in [0.2, 0.25) is 5.02 Å². The van der Waals surface area contributed by atoms with Crippen LogP contribution in [-0.4, -0.2) is 45.9 Å². The number of fused-ring (bicyclic) bond motifs is 1. The number of aromatic nitrogens is 2. The largest absolute Gasteiger partial charge is 0.460 e. The molecule has 1 aliphatic rings. The topological polar surface area (TPSA) is 89.5 Å². The van der Waals surface area contributed by atoms with Crippen LogP contribution in [0, 0.1) is 0 Å². The Morgan fingerprint density at radius 1 is 1.38 bits per heavy atom. The summed E-state index contributed by atoms with van der Waals surface area (Å²) in [5.74, 6) is -0.350. The lowest BCUT2D eigenvalue weighted by Crippen LogP contribution is -2.44. The van der Waals surface area contributed by atoms with Crippen molar-refractivity contribution in [1.29, 1.82) is 0 Å². The first-order valence-corrected chi connectivity index (χ1v) is 10.8. The van der Waals surface area contributed by atoms with Gasteiger partial charge in [0.1, 0.15) is 0 Å². The normalized spacial score (nSPS) is 18.1. The summed E-state index contributed by atoms with van der Waals surface area (Å²) in [4.78, 5) is 16.8. The van der Waals surface area contributed by atoms with Crippen molar-refractivity contribution < 1.29 is 19.1 Å². The third kappa shape index (κ3) is 5.58. The summed E-state index contributed by atoms with van der Waals surface area (Å²) in [5, 5.41) is 14.1. The summed E-state index contributed by atoms with van der Waals surface area (Å²) in [5.41, 5.74) is 3.06. The van der Waals surface area contributed by atoms with Gasteiger partial charge >= 0.3 is 5.97 Å². The van der Waals surface area contributed by atoms with E-state index < -0.39 is 5.97 Å². The maximum Gasteiger partial charge on any atom is 0.374 e. The van der Waals surface area contributed by atoms with Gasteiger partial charge in [-0.3, -0.25) is 0 Å². The predicted octanol–water partition coefficient (Wildman–Crippen LogP) is 4.86. The Kier molecular flexibility index (Phi) is 9.85. The standard InChI is InChI=1S/C22H26ClN3O4.2ClH/c1-2-29-22(28)21-15(7-10-30-21)16-11-14(23)12-18-20(16)26(13-25-18)9-4-5-17-19(27)6-3-8-24-17;;/h7,10-13,17,19,24,27H,2-6,8-9H2,1H3;2*1H/t17-,19+;;/m1../s1. The van der Waals surface area contributed by atoms with Gasteiger partial charge in [0.25, 0.3) is 0 Å². The number of nitrogens with one attached hydrogen (secondary N) is 1. The SMILES string of the molecule is CCOC(=O)c1occc1-c1cc(Cl)cc2ncn(CCC[C@H]3NCCC[C@@H]3O)c12.Cl.Cl. The van der Waals surface area contributed by atoms with E-state index >= 15 is 0 Å². The number of rotatable bonds is 7. The number of hydrogen-bond acceptors (Lipinski definition) is 6. The summed E-state index contributed by atoms with van der Waals surface area (Å²) < 4.78 is 12.6. The fourth-order valence-electron chi connectivity index (χ4n) is 4.14. The molecule has 1 saturated heterocycles. The molecule has 2 aromatic heterocycles. The number of imidazole rings is 1. The van der Waals surface area contributed by atoms with E-state index in [1.165, 1.54) is 6.26 Å². The van der Waals surface area contributed by atoms with Gasteiger partial charge in [0.05, 0.1) is 36.3 Å². The van der Waals surface area contributed by atoms with Crippen LogP contribution in [-0.2, 0) is 11.3 Å². The van der Waals surface area contributed by atoms with E-state index in [2.05, 4.69) is 14.9 Å². The van der Waals surface area contributed by atoms with E-state index in [4.69, 9.17) is 20.8 Å². The van der Waals surface area contributed by atoms with Crippen LogP contribution in [0.4, 0.5) is 0 Å². The molecule has 3 heterocycles. The number of nitrogens with zero attached hydrogens (tertiary/aromatic N) is 2. The van der Waals surface area contributed by atoms with Gasteiger partial charge in [-0.15, -0.1) is 24.8 Å². The highest BCUT2D eigenvalue weighted by Crippen LogP contribution is 2.35. The van der Waals surface area contributed by atoms with Gasteiger partial charge in [0, 0.05) is 28.7 Å². The molecule has 2 atom stereocenters. The minimum atomic E-state index is -0.506. The molecule has 0 bridgehead atoms. The van der Waals surface area contributed by atoms with Crippen molar-refractivity contribution in [2.45, 2.75) is 51.3 Å². The first-order valence-electron chi connectivity index (χ1n) is 10.4. The maximum atomic E-state index is 12.3. The van der Waals surface area contributed by atoms with Gasteiger partial charge in [0.2, 0.25) is 5.76 Å². The molecule has 3 aromatic rings. The van der Waals surface area contributed by atoms with E-state index in [-0.39, 0.29) is 49.3 Å². The Labute approximate surface area is 204 Å². The molecule has 0 radical (unpaired) electrons. The number of carbonyl (C=O) groups excluding carboxylic acids is 1. The van der Waals surface area contributed by atoms with Gasteiger partial charge in [-0.1, -0.05) is 11.6 Å². The van der Waals surface area contributed by atoms with Crippen molar-refractivity contribution in [2.75, 3.05) is 13.2 Å². The number of aliphatic hydroxyl groups excluding tert-OH is 1. The van der Waals surface area contributed by atoms with Gasteiger partial charge in [0.15, 0.2) is 0 Å². The lowest BCUT2D eigenvalue weighted by molar-refractivity contribution is 0.0491. The number of furan rings is 1. The maximum absolute atomic E-state index is 12.3. The highest BCUT2D eigenvalue weighted by atomic mass is 35.5. The van der Waals surface area contributed by atoms with Crippen molar-refractivity contribution in [3.63, 3.8) is 0 Å². The second-order valence-electron chi connectivity index (χ2n) is 7.56. The summed E-state index contributed by atoms with van der Waals surface area (Å²) in [6, 6.07) is 5.51. The average molecular weight is 505 g/mol. The molecule has 2 N–H and O–H groups in total. The lowest BCUT2D eigenvalue weighted by atomic mass is 9.97. The Balaban J connectivity index is 0.00000181. The summed E-state index contributed by atoms with van der Waals surface area (Å²) in [6.45, 7) is 3.71. The minimum Gasteiger partial charge on any atom is -0.460 e. The Bertz CT molecular complexity index is 1040. The van der Waals surface area contributed by atoms with Gasteiger partial charge in [-0.05, 0) is 57.4 Å². The van der Waals surface area contributed by atoms with Crippen LogP contribution in [0.3, 0.4) is 0 Å². The number of piperidine rings is 1. The van der Waals surface area contributed by atoms with Crippen molar-refractivity contribution >= 4 is 53.4 Å². The third-order valence-electron chi connectivity index (χ3n) is 5.56. The molecule has 0 amide bonds. The van der Waals surface area contributed by atoms with Crippen LogP contribution < -0.4 is 5.32 Å². The van der Waals surface area contributed by atoms with Gasteiger partial charge < -0.3 is 24.1 Å². The Hall–Kier alpha value is -1.77. The molecule has 176 valence electrons. The Morgan fingerprint density at radius 3 is 2.94 bits per heavy atom. The molecular formula is C22H28Cl3N3O4. The zero-order valence-corrected chi connectivity index (χ0v) is 20.1. The summed E-state index contributed by atoms with van der Waals surface area (Å²) >= 11 is 6.33. The number of hydrogen-bond donors (Lipinski definition) is 2. The number of esters is 1. The third-order valence-corrected chi connectivity index (χ3v) is 5.77. The smallest absolute Gasteiger partial charge is 0.374 e. The van der Waals surface area contributed by atoms with Crippen molar-refractivity contribution in [3.05, 3.63) is 41.6 Å². The van der Waals surface area contributed by atoms with Crippen molar-refractivity contribution in [1.82, 2.24) is 14.9 Å². The molecule has 0 aliphatic carbocycles. The fourth-order valence-corrected chi connectivity index (χ4v) is 4.35. The number of aryl methyl sites for hydroxylation is 1. The van der Waals surface area contributed by atoms with E-state index in [1.807, 2.05) is 12.1 Å². The molecule has 0 spiro atoms. The number of benzene rings is 1. The summed E-state index contributed by atoms with van der Waals surface area (Å²) in [7, 11) is 0. The quantitative estimate of drug-likeness (QED) is 0.447. The van der Waals surface area contributed by atoms with Gasteiger partial charge in [-0.2, -0.15) is 0 Å². The Morgan fingerprint density at radius 2 is 2.19 bits per heavy atom. The van der Waals surface area contributed by atoms with E-state index in [9.17, 15) is 9.90 Å². The van der Waals surface area contributed by atoms with Gasteiger partial charge in [-0.25, -0.2) is 9.78 Å². The highest BCUT2D eigenvalue weighted by molar-refractivity contribution is 6.31. The summed E-state index contributed by atoms with van der Waals surface area (Å²) in [6.07, 6.45) is 6.62. The van der Waals surface area contributed by atoms with Crippen LogP contribution in [0.5, 0.6) is 0 Å². The monoisotopic (exact) mass is 503 g/mol. The number of halogens is 3. The van der Waals surface area contributed by atoms with E-state index in [0.717, 1.165) is 55.4 Å².